The van der Waals surface area contributed by atoms with Crippen molar-refractivity contribution in [3.63, 3.8) is 0 Å². The van der Waals surface area contributed by atoms with E-state index in [0.29, 0.717) is 0 Å². The van der Waals surface area contributed by atoms with E-state index in [9.17, 15) is 0 Å². The van der Waals surface area contributed by atoms with Crippen molar-refractivity contribution in [1.29, 1.82) is 0 Å². The molecule has 1 nitrogen and oxygen atoms in total. The zero-order valence-corrected chi connectivity index (χ0v) is 10.9. The van der Waals surface area contributed by atoms with Crippen molar-refractivity contribution in [2.45, 2.75) is 0 Å². The molecule has 3 rings (SSSR count). The molecule has 0 fully saturated rings. The van der Waals surface area contributed by atoms with E-state index >= 15 is 0 Å². The fourth-order valence-corrected chi connectivity index (χ4v) is 2.18. The molecule has 0 aliphatic heterocycles. The van der Waals surface area contributed by atoms with Crippen LogP contribution in [-0.2, 0) is 0 Å². The topological polar surface area (TPSA) is 12.9 Å². The monoisotopic (exact) mass is 243 g/mol. The zero-order chi connectivity index (χ0) is 13.1. The Bertz CT molecular complexity index is 620. The van der Waals surface area contributed by atoms with E-state index in [1.807, 2.05) is 36.4 Å². The lowest BCUT2D eigenvalue weighted by Gasteiger charge is -2.07. The standard InChI is InChI=1S/C17H14BN/c18-15-11-16(13-7-3-1-4-8-13)19-17(12-15)14-9-5-2-6-10-14/h1-12H,18H2. The van der Waals surface area contributed by atoms with Gasteiger partial charge in [0.1, 0.15) is 7.85 Å². The summed E-state index contributed by atoms with van der Waals surface area (Å²) in [7, 11) is 2.11. The number of nitrogens with zero attached hydrogens (tertiary/aromatic N) is 1. The Morgan fingerprint density at radius 2 is 1.05 bits per heavy atom. The molecule has 0 amide bonds. The van der Waals surface area contributed by atoms with Gasteiger partial charge in [0.25, 0.3) is 0 Å². The van der Waals surface area contributed by atoms with Gasteiger partial charge in [-0.05, 0) is 12.1 Å². The summed E-state index contributed by atoms with van der Waals surface area (Å²) in [5.41, 5.74) is 5.60. The van der Waals surface area contributed by atoms with Crippen LogP contribution < -0.4 is 5.46 Å². The summed E-state index contributed by atoms with van der Waals surface area (Å²) >= 11 is 0. The number of benzene rings is 2. The van der Waals surface area contributed by atoms with Gasteiger partial charge >= 0.3 is 0 Å². The van der Waals surface area contributed by atoms with Crippen LogP contribution in [0.2, 0.25) is 0 Å². The third-order valence-corrected chi connectivity index (χ3v) is 3.11. The SMILES string of the molecule is Bc1cc(-c2ccccc2)nc(-c2ccccc2)c1. The molecule has 0 radical (unpaired) electrons. The number of pyridine rings is 1. The number of aromatic nitrogens is 1. The van der Waals surface area contributed by atoms with Crippen molar-refractivity contribution >= 4 is 13.3 Å². The first-order valence-electron chi connectivity index (χ1n) is 6.42. The lowest BCUT2D eigenvalue weighted by molar-refractivity contribution is 1.33. The lowest BCUT2D eigenvalue weighted by atomic mass is 9.93. The molecule has 0 spiro atoms. The van der Waals surface area contributed by atoms with Crippen molar-refractivity contribution in [1.82, 2.24) is 4.98 Å². The molecule has 19 heavy (non-hydrogen) atoms. The summed E-state index contributed by atoms with van der Waals surface area (Å²) in [6.45, 7) is 0. The highest BCUT2D eigenvalue weighted by molar-refractivity contribution is 6.32. The summed E-state index contributed by atoms with van der Waals surface area (Å²) in [4.78, 5) is 4.77. The minimum absolute atomic E-state index is 1.03. The first-order valence-corrected chi connectivity index (χ1v) is 6.42. The molecule has 0 saturated carbocycles. The van der Waals surface area contributed by atoms with Crippen LogP contribution in [0.1, 0.15) is 0 Å². The van der Waals surface area contributed by atoms with Crippen LogP contribution in [0.4, 0.5) is 0 Å². The Hall–Kier alpha value is -2.35. The van der Waals surface area contributed by atoms with Crippen molar-refractivity contribution < 1.29 is 0 Å². The maximum Gasteiger partial charge on any atom is 0.139 e. The van der Waals surface area contributed by atoms with Gasteiger partial charge in [-0.2, -0.15) is 0 Å². The van der Waals surface area contributed by atoms with Crippen LogP contribution in [0.3, 0.4) is 0 Å². The molecule has 0 atom stereocenters. The number of hydrogen-bond acceptors (Lipinski definition) is 1. The molecule has 0 N–H and O–H groups in total. The molecule has 1 aromatic heterocycles. The van der Waals surface area contributed by atoms with Crippen LogP contribution in [0.15, 0.2) is 72.8 Å². The second-order valence-electron chi connectivity index (χ2n) is 4.65. The van der Waals surface area contributed by atoms with Gasteiger partial charge < -0.3 is 0 Å². The fourth-order valence-electron chi connectivity index (χ4n) is 2.18. The zero-order valence-electron chi connectivity index (χ0n) is 10.9. The Kier molecular flexibility index (Phi) is 3.15. The largest absolute Gasteiger partial charge is 0.248 e. The van der Waals surface area contributed by atoms with Gasteiger partial charge in [-0.15, -0.1) is 0 Å². The van der Waals surface area contributed by atoms with E-state index in [2.05, 4.69) is 44.2 Å². The van der Waals surface area contributed by atoms with E-state index in [4.69, 9.17) is 4.98 Å². The molecule has 1 heterocycles. The third-order valence-electron chi connectivity index (χ3n) is 3.11. The van der Waals surface area contributed by atoms with E-state index in [-0.39, 0.29) is 0 Å². The van der Waals surface area contributed by atoms with Gasteiger partial charge in [0.2, 0.25) is 0 Å². The summed E-state index contributed by atoms with van der Waals surface area (Å²) in [5, 5.41) is 0. The fraction of sp³-hybridized carbons (Fsp3) is 0. The minimum Gasteiger partial charge on any atom is -0.248 e. The molecule has 0 unspecified atom stereocenters. The smallest absolute Gasteiger partial charge is 0.139 e. The van der Waals surface area contributed by atoms with Crippen LogP contribution >= 0.6 is 0 Å². The highest BCUT2D eigenvalue weighted by atomic mass is 14.7. The maximum absolute atomic E-state index is 4.77. The van der Waals surface area contributed by atoms with E-state index in [0.717, 1.165) is 22.5 Å². The molecule has 0 bridgehead atoms. The molecule has 90 valence electrons. The van der Waals surface area contributed by atoms with Gasteiger partial charge in [-0.25, -0.2) is 4.98 Å². The van der Waals surface area contributed by atoms with Crippen molar-refractivity contribution in [2.75, 3.05) is 0 Å². The van der Waals surface area contributed by atoms with Crippen LogP contribution in [0, 0.1) is 0 Å². The first-order chi connectivity index (χ1) is 9.33. The Balaban J connectivity index is 2.12. The molecule has 3 aromatic rings. The quantitative estimate of drug-likeness (QED) is 0.630. The molecular weight excluding hydrogens is 229 g/mol. The molecular formula is C17H14BN. The van der Waals surface area contributed by atoms with E-state index in [1.165, 1.54) is 5.46 Å². The van der Waals surface area contributed by atoms with Gasteiger partial charge in [0.05, 0.1) is 11.4 Å². The predicted molar refractivity (Wildman–Crippen MR) is 83.3 cm³/mol. The summed E-state index contributed by atoms with van der Waals surface area (Å²) in [5.74, 6) is 0. The molecule has 0 aliphatic rings. The Morgan fingerprint density at radius 3 is 1.47 bits per heavy atom. The normalized spacial score (nSPS) is 10.3. The second kappa shape index (κ2) is 5.11. The third kappa shape index (κ3) is 2.58. The average molecular weight is 243 g/mol. The van der Waals surface area contributed by atoms with Crippen molar-refractivity contribution in [3.8, 4) is 22.5 Å². The van der Waals surface area contributed by atoms with Crippen LogP contribution in [0.5, 0.6) is 0 Å². The average Bonchev–Trinajstić information content (AvgIpc) is 2.48. The summed E-state index contributed by atoms with van der Waals surface area (Å²) in [6, 6.07) is 24.9. The highest BCUT2D eigenvalue weighted by Gasteiger charge is 2.04. The summed E-state index contributed by atoms with van der Waals surface area (Å²) < 4.78 is 0. The van der Waals surface area contributed by atoms with Crippen LogP contribution in [-0.4, -0.2) is 12.8 Å². The number of rotatable bonds is 2. The number of hydrogen-bond donors (Lipinski definition) is 0. The second-order valence-corrected chi connectivity index (χ2v) is 4.65. The molecule has 0 saturated heterocycles. The molecule has 0 aliphatic carbocycles. The van der Waals surface area contributed by atoms with Gasteiger partial charge in [0, 0.05) is 11.1 Å². The molecule has 2 heteroatoms. The van der Waals surface area contributed by atoms with E-state index in [1.54, 1.807) is 0 Å². The van der Waals surface area contributed by atoms with Crippen molar-refractivity contribution in [3.05, 3.63) is 72.8 Å². The summed E-state index contributed by atoms with van der Waals surface area (Å²) in [6.07, 6.45) is 0. The highest BCUT2D eigenvalue weighted by Crippen LogP contribution is 2.21. The van der Waals surface area contributed by atoms with Gasteiger partial charge in [-0.3, -0.25) is 0 Å². The van der Waals surface area contributed by atoms with Crippen molar-refractivity contribution in [2.24, 2.45) is 0 Å². The van der Waals surface area contributed by atoms with E-state index < -0.39 is 0 Å². The van der Waals surface area contributed by atoms with Gasteiger partial charge in [0.15, 0.2) is 0 Å². The first kappa shape index (κ1) is 11.7. The molecule has 2 aromatic carbocycles. The van der Waals surface area contributed by atoms with Crippen LogP contribution in [0.25, 0.3) is 22.5 Å². The predicted octanol–water partition coefficient (Wildman–Crippen LogP) is 2.67. The maximum atomic E-state index is 4.77. The Morgan fingerprint density at radius 1 is 0.632 bits per heavy atom. The van der Waals surface area contributed by atoms with Gasteiger partial charge in [-0.1, -0.05) is 66.1 Å². The lowest BCUT2D eigenvalue weighted by Crippen LogP contribution is -2.05. The minimum atomic E-state index is 1.03. The Labute approximate surface area is 114 Å².